The molecule has 126 valence electrons. The van der Waals surface area contributed by atoms with Gasteiger partial charge < -0.3 is 15.1 Å². The van der Waals surface area contributed by atoms with Crippen LogP contribution in [-0.2, 0) is 4.79 Å². The lowest BCUT2D eigenvalue weighted by Gasteiger charge is -2.25. The Morgan fingerprint density at radius 1 is 1.22 bits per heavy atom. The number of carbonyl (C=O) groups excluding carboxylic acids is 2. The number of hydrogen-bond acceptors (Lipinski definition) is 3. The van der Waals surface area contributed by atoms with E-state index in [9.17, 15) is 9.59 Å². The van der Waals surface area contributed by atoms with Gasteiger partial charge in [0, 0.05) is 37.6 Å². The molecule has 1 fully saturated rings. The Balaban J connectivity index is 2.37. The number of rotatable bonds is 6. The molecule has 0 bridgehead atoms. The first-order chi connectivity index (χ1) is 11.1. The summed E-state index contributed by atoms with van der Waals surface area (Å²) < 4.78 is 0. The fraction of sp³-hybridized carbons (Fsp3) is 0.529. The first-order valence-corrected chi connectivity index (χ1v) is 8.68. The third kappa shape index (κ3) is 4.16. The summed E-state index contributed by atoms with van der Waals surface area (Å²) in [6.07, 6.45) is 2.28. The highest BCUT2D eigenvalue weighted by molar-refractivity contribution is 6.29. The molecule has 0 aliphatic carbocycles. The average molecular weight is 338 g/mol. The topological polar surface area (TPSA) is 52.7 Å². The van der Waals surface area contributed by atoms with Crippen LogP contribution in [0.5, 0.6) is 0 Å². The predicted octanol–water partition coefficient (Wildman–Crippen LogP) is 2.95. The number of nitrogens with zero attached hydrogens (tertiary/aromatic N) is 2. The van der Waals surface area contributed by atoms with E-state index >= 15 is 0 Å². The van der Waals surface area contributed by atoms with E-state index in [1.807, 2.05) is 26.0 Å². The van der Waals surface area contributed by atoms with E-state index in [2.05, 4.69) is 10.2 Å². The van der Waals surface area contributed by atoms with Crippen LogP contribution in [0.25, 0.3) is 0 Å². The van der Waals surface area contributed by atoms with Crippen LogP contribution < -0.4 is 10.2 Å². The van der Waals surface area contributed by atoms with Gasteiger partial charge in [-0.25, -0.2) is 0 Å². The number of hydrogen-bond donors (Lipinski definition) is 1. The minimum Gasteiger partial charge on any atom is -0.371 e. The van der Waals surface area contributed by atoms with Crippen molar-refractivity contribution in [1.82, 2.24) is 4.90 Å². The Bertz CT molecular complexity index is 567. The molecule has 1 aromatic rings. The smallest absolute Gasteiger partial charge is 0.256 e. The summed E-state index contributed by atoms with van der Waals surface area (Å²) in [5.41, 5.74) is 2.19. The van der Waals surface area contributed by atoms with Gasteiger partial charge in [-0.1, -0.05) is 0 Å². The van der Waals surface area contributed by atoms with Crippen LogP contribution in [0.3, 0.4) is 0 Å². The van der Waals surface area contributed by atoms with Gasteiger partial charge in [-0.2, -0.15) is 0 Å². The second kappa shape index (κ2) is 8.20. The lowest BCUT2D eigenvalue weighted by molar-refractivity contribution is -0.113. The molecule has 1 aliphatic rings. The van der Waals surface area contributed by atoms with Crippen molar-refractivity contribution < 1.29 is 9.59 Å². The molecule has 1 aliphatic heterocycles. The molecule has 6 heteroatoms. The Hall–Kier alpha value is -1.75. The van der Waals surface area contributed by atoms with E-state index in [0.29, 0.717) is 24.3 Å². The van der Waals surface area contributed by atoms with E-state index in [4.69, 9.17) is 11.6 Å². The van der Waals surface area contributed by atoms with Gasteiger partial charge in [0.1, 0.15) is 5.88 Å². The summed E-state index contributed by atoms with van der Waals surface area (Å²) in [5.74, 6) is -0.381. The Morgan fingerprint density at radius 2 is 1.87 bits per heavy atom. The third-order valence-electron chi connectivity index (χ3n) is 4.13. The Morgan fingerprint density at radius 3 is 2.43 bits per heavy atom. The largest absolute Gasteiger partial charge is 0.371 e. The Labute approximate surface area is 142 Å². The van der Waals surface area contributed by atoms with Crippen LogP contribution in [0.1, 0.15) is 37.0 Å². The first kappa shape index (κ1) is 17.6. The van der Waals surface area contributed by atoms with Gasteiger partial charge >= 0.3 is 0 Å². The number of benzene rings is 1. The van der Waals surface area contributed by atoms with Gasteiger partial charge in [-0.3, -0.25) is 9.59 Å². The molecule has 0 atom stereocenters. The SMILES string of the molecule is CCN(CC)C(=O)c1cc(NC(=O)CCl)ccc1N1CCCC1. The number of anilines is 2. The van der Waals surface area contributed by atoms with Crippen LogP contribution in [0.2, 0.25) is 0 Å². The molecule has 23 heavy (non-hydrogen) atoms. The van der Waals surface area contributed by atoms with E-state index in [0.717, 1.165) is 31.6 Å². The third-order valence-corrected chi connectivity index (χ3v) is 4.37. The summed E-state index contributed by atoms with van der Waals surface area (Å²) >= 11 is 5.54. The summed E-state index contributed by atoms with van der Waals surface area (Å²) in [5, 5.41) is 2.72. The van der Waals surface area contributed by atoms with Crippen molar-refractivity contribution in [3.8, 4) is 0 Å². The average Bonchev–Trinajstić information content (AvgIpc) is 3.10. The minimum atomic E-state index is -0.276. The van der Waals surface area contributed by atoms with Crippen LogP contribution >= 0.6 is 11.6 Å². The van der Waals surface area contributed by atoms with E-state index in [1.54, 1.807) is 11.0 Å². The lowest BCUT2D eigenvalue weighted by atomic mass is 10.1. The molecule has 0 unspecified atom stereocenters. The number of nitrogens with one attached hydrogen (secondary N) is 1. The van der Waals surface area contributed by atoms with Crippen molar-refractivity contribution in [3.05, 3.63) is 23.8 Å². The molecule has 1 N–H and O–H groups in total. The van der Waals surface area contributed by atoms with Gasteiger partial charge in [0.05, 0.1) is 5.56 Å². The summed E-state index contributed by atoms with van der Waals surface area (Å²) in [4.78, 5) is 28.4. The van der Waals surface area contributed by atoms with Gasteiger partial charge in [0.2, 0.25) is 5.91 Å². The highest BCUT2D eigenvalue weighted by Crippen LogP contribution is 2.28. The maximum absolute atomic E-state index is 12.9. The molecular weight excluding hydrogens is 314 g/mol. The summed E-state index contributed by atoms with van der Waals surface area (Å²) in [6.45, 7) is 7.18. The maximum Gasteiger partial charge on any atom is 0.256 e. The monoisotopic (exact) mass is 337 g/mol. The van der Waals surface area contributed by atoms with Crippen molar-refractivity contribution in [3.63, 3.8) is 0 Å². The lowest BCUT2D eigenvalue weighted by Crippen LogP contribution is -2.32. The zero-order valence-electron chi connectivity index (χ0n) is 13.8. The Kier molecular flexibility index (Phi) is 6.28. The van der Waals surface area contributed by atoms with Gasteiger partial charge in [0.15, 0.2) is 0 Å². The normalized spacial score (nSPS) is 14.0. The minimum absolute atomic E-state index is 0.00104. The quantitative estimate of drug-likeness (QED) is 0.812. The van der Waals surface area contributed by atoms with Crippen molar-refractivity contribution >= 4 is 34.8 Å². The fourth-order valence-electron chi connectivity index (χ4n) is 2.89. The maximum atomic E-state index is 12.9. The van der Waals surface area contributed by atoms with E-state index in [1.165, 1.54) is 0 Å². The second-order valence-electron chi connectivity index (χ2n) is 5.59. The zero-order valence-corrected chi connectivity index (χ0v) is 14.5. The second-order valence-corrected chi connectivity index (χ2v) is 5.85. The molecule has 0 saturated carbocycles. The standard InChI is InChI=1S/C17H24ClN3O2/c1-3-20(4-2)17(23)14-11-13(19-16(22)12-18)7-8-15(14)21-9-5-6-10-21/h7-8,11H,3-6,9-10,12H2,1-2H3,(H,19,22). The van der Waals surface area contributed by atoms with E-state index in [-0.39, 0.29) is 17.7 Å². The van der Waals surface area contributed by atoms with Gasteiger partial charge in [-0.05, 0) is 44.9 Å². The molecular formula is C17H24ClN3O2. The fourth-order valence-corrected chi connectivity index (χ4v) is 2.96. The predicted molar refractivity (Wildman–Crippen MR) is 94.5 cm³/mol. The van der Waals surface area contributed by atoms with Gasteiger partial charge in [0.25, 0.3) is 5.91 Å². The molecule has 2 amide bonds. The van der Waals surface area contributed by atoms with Gasteiger partial charge in [-0.15, -0.1) is 11.6 Å². The van der Waals surface area contributed by atoms with Crippen LogP contribution in [0, 0.1) is 0 Å². The highest BCUT2D eigenvalue weighted by atomic mass is 35.5. The molecule has 1 aromatic carbocycles. The number of amides is 2. The molecule has 0 spiro atoms. The molecule has 1 heterocycles. The molecule has 5 nitrogen and oxygen atoms in total. The van der Waals surface area contributed by atoms with Crippen LogP contribution in [0.15, 0.2) is 18.2 Å². The first-order valence-electron chi connectivity index (χ1n) is 8.14. The molecule has 2 rings (SSSR count). The van der Waals surface area contributed by atoms with E-state index < -0.39 is 0 Å². The zero-order chi connectivity index (χ0) is 16.8. The summed E-state index contributed by atoms with van der Waals surface area (Å²) in [7, 11) is 0. The highest BCUT2D eigenvalue weighted by Gasteiger charge is 2.22. The van der Waals surface area contributed by atoms with Crippen molar-refractivity contribution in [1.29, 1.82) is 0 Å². The number of carbonyl (C=O) groups is 2. The van der Waals surface area contributed by atoms with Crippen LogP contribution in [0.4, 0.5) is 11.4 Å². The molecule has 1 saturated heterocycles. The number of halogens is 1. The van der Waals surface area contributed by atoms with Crippen molar-refractivity contribution in [2.24, 2.45) is 0 Å². The van der Waals surface area contributed by atoms with Crippen molar-refractivity contribution in [2.45, 2.75) is 26.7 Å². The number of alkyl halides is 1. The van der Waals surface area contributed by atoms with Crippen molar-refractivity contribution in [2.75, 3.05) is 42.3 Å². The molecule has 0 aromatic heterocycles. The summed E-state index contributed by atoms with van der Waals surface area (Å²) in [6, 6.07) is 5.52. The van der Waals surface area contributed by atoms with Crippen LogP contribution in [-0.4, -0.2) is 48.8 Å². The molecule has 0 radical (unpaired) electrons.